The first-order valence-electron chi connectivity index (χ1n) is 12.6. The number of nitrogens with zero attached hydrogens (tertiary/aromatic N) is 2. The van der Waals surface area contributed by atoms with Crippen molar-refractivity contribution in [1.29, 1.82) is 0 Å². The smallest absolute Gasteiger partial charge is 0.306 e. The van der Waals surface area contributed by atoms with Crippen molar-refractivity contribution >= 4 is 29.7 Å². The van der Waals surface area contributed by atoms with Crippen molar-refractivity contribution in [2.75, 3.05) is 31.2 Å². The van der Waals surface area contributed by atoms with E-state index in [0.717, 1.165) is 67.0 Å². The van der Waals surface area contributed by atoms with Crippen LogP contribution in [-0.2, 0) is 16.0 Å². The molecule has 2 aromatic rings. The highest BCUT2D eigenvalue weighted by Gasteiger charge is 2.29. The maximum atomic E-state index is 13.2. The zero-order chi connectivity index (χ0) is 24.6. The first-order chi connectivity index (χ1) is 17.0. The number of aryl methyl sites for hydroxylation is 1. The van der Waals surface area contributed by atoms with Gasteiger partial charge in [0.15, 0.2) is 5.78 Å². The van der Waals surface area contributed by atoms with Crippen molar-refractivity contribution in [1.82, 2.24) is 5.01 Å². The highest BCUT2D eigenvalue weighted by Crippen LogP contribution is 2.35. The van der Waals surface area contributed by atoms with Crippen molar-refractivity contribution in [2.45, 2.75) is 45.1 Å². The van der Waals surface area contributed by atoms with Crippen molar-refractivity contribution < 1.29 is 14.3 Å². The number of rotatable bonds is 9. The number of hydrogen-bond acceptors (Lipinski definition) is 7. The Balaban J connectivity index is 1.41. The van der Waals surface area contributed by atoms with Crippen LogP contribution in [0.5, 0.6) is 0 Å². The van der Waals surface area contributed by atoms with Gasteiger partial charge in [0.25, 0.3) is 0 Å². The average Bonchev–Trinajstić information content (AvgIpc) is 2.89. The third-order valence-corrected chi connectivity index (χ3v) is 7.72. The van der Waals surface area contributed by atoms with E-state index in [1.165, 1.54) is 0 Å². The minimum absolute atomic E-state index is 0.0269. The number of fused-ring (bicyclic) bond motifs is 1. The van der Waals surface area contributed by atoms with E-state index in [9.17, 15) is 9.59 Å². The highest BCUT2D eigenvalue weighted by molar-refractivity contribution is 7.99. The van der Waals surface area contributed by atoms with E-state index in [4.69, 9.17) is 10.5 Å². The molecule has 7 heteroatoms. The summed E-state index contributed by atoms with van der Waals surface area (Å²) in [6.07, 6.45) is 5.76. The van der Waals surface area contributed by atoms with Crippen LogP contribution < -0.4 is 5.73 Å². The lowest BCUT2D eigenvalue weighted by Crippen LogP contribution is -2.30. The molecule has 0 aromatic heterocycles. The molecule has 35 heavy (non-hydrogen) atoms. The molecule has 0 radical (unpaired) electrons. The molecule has 186 valence electrons. The van der Waals surface area contributed by atoms with Gasteiger partial charge in [0.05, 0.1) is 19.2 Å². The van der Waals surface area contributed by atoms with E-state index < -0.39 is 0 Å². The van der Waals surface area contributed by atoms with Crippen molar-refractivity contribution in [3.63, 3.8) is 0 Å². The molecule has 0 saturated carbocycles. The fraction of sp³-hybridized carbons (Fsp3) is 0.464. The quantitative estimate of drug-likeness (QED) is 0.238. The van der Waals surface area contributed by atoms with Gasteiger partial charge in [0.1, 0.15) is 0 Å². The van der Waals surface area contributed by atoms with Crippen LogP contribution in [0.3, 0.4) is 0 Å². The molecule has 2 unspecified atom stereocenters. The summed E-state index contributed by atoms with van der Waals surface area (Å²) < 4.78 is 5.34. The summed E-state index contributed by atoms with van der Waals surface area (Å²) >= 11 is 1.96. The summed E-state index contributed by atoms with van der Waals surface area (Å²) in [6, 6.07) is 13.1. The van der Waals surface area contributed by atoms with Gasteiger partial charge in [0.2, 0.25) is 0 Å². The van der Waals surface area contributed by atoms with E-state index in [-0.39, 0.29) is 23.7 Å². The normalized spacial score (nSPS) is 20.0. The van der Waals surface area contributed by atoms with Gasteiger partial charge in [-0.25, -0.2) is 0 Å². The Labute approximate surface area is 212 Å². The maximum absolute atomic E-state index is 13.2. The minimum Gasteiger partial charge on any atom is -0.466 e. The predicted molar refractivity (Wildman–Crippen MR) is 142 cm³/mol. The standard InChI is InChI=1S/C28H35N3O3S/c1-2-3-14-34-26(32)18-23-10-8-21-9-11-24(17-25(21)27(23)29)28(33)22-6-4-20(5-7-22)19-30-31-12-15-35-16-13-31/h4-7,9,11,17,19,23,27H,2-3,8,10,12-16,18,29H2,1H3. The highest BCUT2D eigenvalue weighted by atomic mass is 32.2. The van der Waals surface area contributed by atoms with Gasteiger partial charge in [-0.3, -0.25) is 14.6 Å². The van der Waals surface area contributed by atoms with E-state index in [1.54, 1.807) is 0 Å². The summed E-state index contributed by atoms with van der Waals surface area (Å²) in [5, 5.41) is 6.64. The van der Waals surface area contributed by atoms with Gasteiger partial charge in [-0.1, -0.05) is 49.7 Å². The molecule has 0 amide bonds. The molecule has 1 fully saturated rings. The number of carbonyl (C=O) groups is 2. The van der Waals surface area contributed by atoms with Crippen molar-refractivity contribution in [3.05, 3.63) is 70.3 Å². The number of ketones is 1. The number of unbranched alkanes of at least 4 members (excludes halogenated alkanes) is 1. The molecule has 2 aliphatic rings. The number of hydrazone groups is 1. The number of thioether (sulfide) groups is 1. The SMILES string of the molecule is CCCCOC(=O)CC1CCc2ccc(C(=O)c3ccc(C=NN4CCSCC4)cc3)cc2C1N. The summed E-state index contributed by atoms with van der Waals surface area (Å²) in [4.78, 5) is 25.4. The van der Waals surface area contributed by atoms with Gasteiger partial charge in [-0.05, 0) is 47.9 Å². The van der Waals surface area contributed by atoms with Crippen LogP contribution in [0.4, 0.5) is 0 Å². The Morgan fingerprint density at radius 3 is 2.63 bits per heavy atom. The van der Waals surface area contributed by atoms with E-state index in [2.05, 4.69) is 17.0 Å². The lowest BCUT2D eigenvalue weighted by molar-refractivity contribution is -0.145. The van der Waals surface area contributed by atoms with Crippen LogP contribution in [0, 0.1) is 5.92 Å². The van der Waals surface area contributed by atoms with Crippen LogP contribution in [0.2, 0.25) is 0 Å². The lowest BCUT2D eigenvalue weighted by atomic mass is 9.77. The fourth-order valence-corrected chi connectivity index (χ4v) is 5.47. The van der Waals surface area contributed by atoms with Crippen molar-refractivity contribution in [3.8, 4) is 0 Å². The molecule has 1 aliphatic carbocycles. The molecule has 2 atom stereocenters. The Hall–Kier alpha value is -2.64. The predicted octanol–water partition coefficient (Wildman–Crippen LogP) is 4.60. The molecule has 2 N–H and O–H groups in total. The Kier molecular flexibility index (Phi) is 8.99. The number of esters is 1. The van der Waals surface area contributed by atoms with Gasteiger partial charge in [-0.2, -0.15) is 16.9 Å². The van der Waals surface area contributed by atoms with E-state index >= 15 is 0 Å². The monoisotopic (exact) mass is 493 g/mol. The van der Waals surface area contributed by atoms with Crippen LogP contribution in [0.25, 0.3) is 0 Å². The number of benzene rings is 2. The van der Waals surface area contributed by atoms with Gasteiger partial charge >= 0.3 is 5.97 Å². The van der Waals surface area contributed by atoms with Gasteiger partial charge in [0, 0.05) is 41.8 Å². The maximum Gasteiger partial charge on any atom is 0.306 e. The third kappa shape index (κ3) is 6.73. The number of hydrogen-bond donors (Lipinski definition) is 1. The van der Waals surface area contributed by atoms with Crippen LogP contribution in [-0.4, -0.2) is 54.2 Å². The molecule has 1 heterocycles. The average molecular weight is 494 g/mol. The molecule has 6 nitrogen and oxygen atoms in total. The largest absolute Gasteiger partial charge is 0.466 e. The van der Waals surface area contributed by atoms with Crippen LogP contribution in [0.15, 0.2) is 47.6 Å². The molecule has 2 aromatic carbocycles. The van der Waals surface area contributed by atoms with Gasteiger partial charge < -0.3 is 10.5 Å². The lowest BCUT2D eigenvalue weighted by Gasteiger charge is -2.31. The summed E-state index contributed by atoms with van der Waals surface area (Å²) in [5.74, 6) is 2.03. The second kappa shape index (κ2) is 12.4. The Bertz CT molecular complexity index is 1050. The molecule has 0 bridgehead atoms. The Morgan fingerprint density at radius 2 is 1.89 bits per heavy atom. The molecule has 0 spiro atoms. The zero-order valence-corrected chi connectivity index (χ0v) is 21.3. The van der Waals surface area contributed by atoms with Crippen LogP contribution >= 0.6 is 11.8 Å². The fourth-order valence-electron chi connectivity index (χ4n) is 4.59. The summed E-state index contributed by atoms with van der Waals surface area (Å²) in [5.41, 5.74) is 10.9. The minimum atomic E-state index is -0.281. The Morgan fingerprint density at radius 1 is 1.14 bits per heavy atom. The first-order valence-corrected chi connectivity index (χ1v) is 13.8. The zero-order valence-electron chi connectivity index (χ0n) is 20.4. The second-order valence-corrected chi connectivity index (χ2v) is 10.5. The molecule has 1 saturated heterocycles. The van der Waals surface area contributed by atoms with Crippen molar-refractivity contribution in [2.24, 2.45) is 16.8 Å². The molecule has 1 aliphatic heterocycles. The summed E-state index contributed by atoms with van der Waals surface area (Å²) in [7, 11) is 0. The molecular weight excluding hydrogens is 458 g/mol. The third-order valence-electron chi connectivity index (χ3n) is 6.78. The summed E-state index contributed by atoms with van der Waals surface area (Å²) in [6.45, 7) is 4.48. The second-order valence-electron chi connectivity index (χ2n) is 9.28. The van der Waals surface area contributed by atoms with E-state index in [0.29, 0.717) is 24.2 Å². The van der Waals surface area contributed by atoms with Gasteiger partial charge in [-0.15, -0.1) is 0 Å². The number of ether oxygens (including phenoxy) is 1. The first kappa shape index (κ1) is 25.5. The van der Waals surface area contributed by atoms with E-state index in [1.807, 2.05) is 60.4 Å². The molecule has 4 rings (SSSR count). The van der Waals surface area contributed by atoms with Crippen LogP contribution in [0.1, 0.15) is 71.3 Å². The molecular formula is C28H35N3O3S. The topological polar surface area (TPSA) is 85.0 Å². The number of nitrogens with two attached hydrogens (primary N) is 1. The number of carbonyl (C=O) groups excluding carboxylic acids is 2.